The van der Waals surface area contributed by atoms with Crippen LogP contribution in [-0.2, 0) is 14.3 Å². The van der Waals surface area contributed by atoms with E-state index in [0.717, 1.165) is 18.8 Å². The van der Waals surface area contributed by atoms with Gasteiger partial charge in [-0.3, -0.25) is 0 Å². The number of halogens is 3. The fourth-order valence-corrected chi connectivity index (χ4v) is 2.25. The van der Waals surface area contributed by atoms with E-state index in [1.807, 2.05) is 12.1 Å². The fraction of sp³-hybridized carbons (Fsp3) is 0.429. The van der Waals surface area contributed by atoms with E-state index in [0.29, 0.717) is 18.8 Å². The summed E-state index contributed by atoms with van der Waals surface area (Å²) < 4.78 is 8.38. The van der Waals surface area contributed by atoms with E-state index in [1.165, 1.54) is 0 Å². The Kier molecular flexibility index (Phi) is 6.27. The quantitative estimate of drug-likeness (QED) is 0.265. The summed E-state index contributed by atoms with van der Waals surface area (Å²) in [5.41, 5.74) is 10.2. The number of rotatable bonds is 4. The number of hydrogen-bond donors (Lipinski definition) is 0. The molecule has 0 amide bonds. The van der Waals surface area contributed by atoms with Crippen LogP contribution in [0, 0.1) is 0 Å². The number of ether oxygens (including phenoxy) is 2. The highest BCUT2D eigenvalue weighted by molar-refractivity contribution is 6.67. The lowest BCUT2D eigenvalue weighted by Gasteiger charge is -2.28. The first-order valence-electron chi connectivity index (χ1n) is 6.80. The molecule has 0 unspecified atom stereocenters. The smallest absolute Gasteiger partial charge is 0.422 e. The predicted molar refractivity (Wildman–Crippen MR) is 88.5 cm³/mol. The van der Waals surface area contributed by atoms with Crippen molar-refractivity contribution in [2.45, 2.75) is 3.79 Å². The first-order chi connectivity index (χ1) is 10.9. The van der Waals surface area contributed by atoms with E-state index < -0.39 is 16.4 Å². The number of carbonyl (C=O) groups is 1. The van der Waals surface area contributed by atoms with Crippen LogP contribution in [0.5, 0.6) is 0 Å². The van der Waals surface area contributed by atoms with Gasteiger partial charge in [0.1, 0.15) is 6.61 Å². The fourth-order valence-electron chi connectivity index (χ4n) is 2.08. The average Bonchev–Trinajstić information content (AvgIpc) is 2.54. The molecule has 1 aliphatic rings. The minimum Gasteiger partial charge on any atom is -0.452 e. The molecule has 1 saturated heterocycles. The van der Waals surface area contributed by atoms with E-state index in [4.69, 9.17) is 49.8 Å². The molecule has 1 aromatic rings. The van der Waals surface area contributed by atoms with E-state index in [9.17, 15) is 4.79 Å². The highest BCUT2D eigenvalue weighted by atomic mass is 35.6. The molecule has 23 heavy (non-hydrogen) atoms. The number of anilines is 1. The van der Waals surface area contributed by atoms with Gasteiger partial charge in [0, 0.05) is 18.8 Å². The van der Waals surface area contributed by atoms with E-state index in [2.05, 4.69) is 9.69 Å². The van der Waals surface area contributed by atoms with Crippen LogP contribution < -0.4 is 4.90 Å². The third kappa shape index (κ3) is 5.37. The van der Waals surface area contributed by atoms with Gasteiger partial charge in [0.25, 0.3) is 0 Å². The molecule has 1 aliphatic heterocycles. The van der Waals surface area contributed by atoms with Crippen molar-refractivity contribution in [2.24, 2.45) is 0 Å². The van der Waals surface area contributed by atoms with Crippen molar-refractivity contribution in [1.29, 1.82) is 0 Å². The third-order valence-electron chi connectivity index (χ3n) is 3.18. The highest BCUT2D eigenvalue weighted by Gasteiger charge is 2.29. The SMILES string of the molecule is [N-]=[N+]=C(C(=O)OCC(Cl)(Cl)Cl)c1ccc(N2CCOCC2)cc1. The first kappa shape index (κ1) is 18.0. The standard InChI is InChI=1S/C14H14Cl3N3O3/c15-14(16,17)9-23-13(21)12(19-18)10-1-3-11(4-2-10)20-5-7-22-8-6-20/h1-4H,5-9H2. The summed E-state index contributed by atoms with van der Waals surface area (Å²) in [6.45, 7) is 2.50. The number of esters is 1. The molecule has 0 aromatic heterocycles. The summed E-state index contributed by atoms with van der Waals surface area (Å²) in [5.74, 6) is -0.877. The van der Waals surface area contributed by atoms with Crippen LogP contribution in [0.3, 0.4) is 0 Å². The van der Waals surface area contributed by atoms with Crippen molar-refractivity contribution in [3.8, 4) is 0 Å². The monoisotopic (exact) mass is 377 g/mol. The first-order valence-corrected chi connectivity index (χ1v) is 7.93. The summed E-state index contributed by atoms with van der Waals surface area (Å²) in [5, 5.41) is 0. The Bertz CT molecular complexity index is 604. The van der Waals surface area contributed by atoms with Crippen LogP contribution in [0.2, 0.25) is 0 Å². The Morgan fingerprint density at radius 1 is 1.26 bits per heavy atom. The summed E-state index contributed by atoms with van der Waals surface area (Å²) in [6.07, 6.45) is 0. The lowest BCUT2D eigenvalue weighted by Crippen LogP contribution is -2.36. The zero-order valence-electron chi connectivity index (χ0n) is 12.0. The van der Waals surface area contributed by atoms with Crippen molar-refractivity contribution in [3.05, 3.63) is 35.4 Å². The van der Waals surface area contributed by atoms with Crippen LogP contribution in [0.15, 0.2) is 24.3 Å². The minimum absolute atomic E-state index is 0.257. The molecular weight excluding hydrogens is 365 g/mol. The molecular formula is C14H14Cl3N3O3. The molecule has 1 aromatic carbocycles. The van der Waals surface area contributed by atoms with Gasteiger partial charge in [0.2, 0.25) is 3.79 Å². The molecule has 0 radical (unpaired) electrons. The van der Waals surface area contributed by atoms with Gasteiger partial charge in [-0.1, -0.05) is 34.8 Å². The molecule has 0 N–H and O–H groups in total. The Morgan fingerprint density at radius 2 is 1.87 bits per heavy atom. The van der Waals surface area contributed by atoms with Crippen LogP contribution >= 0.6 is 34.8 Å². The number of hydrogen-bond acceptors (Lipinski definition) is 4. The second-order valence-electron chi connectivity index (χ2n) is 4.79. The van der Waals surface area contributed by atoms with Crippen molar-refractivity contribution in [1.82, 2.24) is 0 Å². The van der Waals surface area contributed by atoms with Crippen LogP contribution in [0.1, 0.15) is 5.56 Å². The lowest BCUT2D eigenvalue weighted by molar-refractivity contribution is -0.139. The number of carbonyl (C=O) groups excluding carboxylic acids is 1. The van der Waals surface area contributed by atoms with Gasteiger partial charge in [0.05, 0.1) is 18.8 Å². The van der Waals surface area contributed by atoms with Crippen molar-refractivity contribution < 1.29 is 19.1 Å². The lowest BCUT2D eigenvalue weighted by atomic mass is 10.1. The largest absolute Gasteiger partial charge is 0.452 e. The van der Waals surface area contributed by atoms with E-state index in [1.54, 1.807) is 12.1 Å². The van der Waals surface area contributed by atoms with Crippen molar-refractivity contribution in [2.75, 3.05) is 37.8 Å². The zero-order chi connectivity index (χ0) is 16.9. The molecule has 6 nitrogen and oxygen atoms in total. The second-order valence-corrected chi connectivity index (χ2v) is 7.30. The molecule has 1 heterocycles. The topological polar surface area (TPSA) is 75.2 Å². The molecule has 9 heteroatoms. The summed E-state index contributed by atoms with van der Waals surface area (Å²) in [7, 11) is 0. The maximum Gasteiger partial charge on any atom is 0.422 e. The van der Waals surface area contributed by atoms with Gasteiger partial charge in [-0.05, 0) is 24.3 Å². The summed E-state index contributed by atoms with van der Waals surface area (Å²) in [4.78, 5) is 17.0. The maximum absolute atomic E-state index is 11.9. The third-order valence-corrected chi connectivity index (χ3v) is 3.50. The van der Waals surface area contributed by atoms with Crippen LogP contribution in [-0.4, -0.2) is 53.2 Å². The Balaban J connectivity index is 2.07. The molecule has 0 aliphatic carbocycles. The molecule has 2 rings (SSSR count). The maximum atomic E-state index is 11.9. The van der Waals surface area contributed by atoms with Gasteiger partial charge >= 0.3 is 11.7 Å². The van der Waals surface area contributed by atoms with Gasteiger partial charge in [-0.2, -0.15) is 4.79 Å². The number of nitrogens with zero attached hydrogens (tertiary/aromatic N) is 3. The van der Waals surface area contributed by atoms with Crippen LogP contribution in [0.25, 0.3) is 5.53 Å². The molecule has 1 fully saturated rings. The number of benzene rings is 1. The Hall–Kier alpha value is -1.30. The molecule has 0 spiro atoms. The van der Waals surface area contributed by atoms with Crippen molar-refractivity contribution in [3.63, 3.8) is 0 Å². The van der Waals surface area contributed by atoms with Crippen molar-refractivity contribution >= 4 is 52.2 Å². The Labute approximate surface area is 148 Å². The number of morpholine rings is 1. The average molecular weight is 379 g/mol. The van der Waals surface area contributed by atoms with E-state index >= 15 is 0 Å². The predicted octanol–water partition coefficient (Wildman–Crippen LogP) is 2.46. The Morgan fingerprint density at radius 3 is 2.39 bits per heavy atom. The van der Waals surface area contributed by atoms with Gasteiger partial charge in [-0.25, -0.2) is 4.79 Å². The summed E-state index contributed by atoms with van der Waals surface area (Å²) in [6, 6.07) is 6.98. The van der Waals surface area contributed by atoms with E-state index in [-0.39, 0.29) is 5.71 Å². The summed E-state index contributed by atoms with van der Waals surface area (Å²) >= 11 is 16.5. The second kappa shape index (κ2) is 7.99. The minimum atomic E-state index is -1.73. The van der Waals surface area contributed by atoms with Gasteiger partial charge in [-0.15, -0.1) is 0 Å². The number of alkyl halides is 3. The molecule has 124 valence electrons. The van der Waals surface area contributed by atoms with Gasteiger partial charge in [0.15, 0.2) is 0 Å². The molecule has 0 saturated carbocycles. The molecule has 0 atom stereocenters. The molecule has 0 bridgehead atoms. The normalized spacial score (nSPS) is 15.0. The highest BCUT2D eigenvalue weighted by Crippen LogP contribution is 2.26. The zero-order valence-corrected chi connectivity index (χ0v) is 14.3. The van der Waals surface area contributed by atoms with Crippen LogP contribution in [0.4, 0.5) is 5.69 Å². The van der Waals surface area contributed by atoms with Gasteiger partial charge < -0.3 is 19.9 Å².